The van der Waals surface area contributed by atoms with Gasteiger partial charge in [-0.3, -0.25) is 0 Å². The van der Waals surface area contributed by atoms with Gasteiger partial charge in [-0.05, 0) is 42.9 Å². The van der Waals surface area contributed by atoms with E-state index in [0.717, 1.165) is 30.4 Å². The maximum Gasteiger partial charge on any atom is 0.573 e. The average Bonchev–Trinajstić information content (AvgIpc) is 2.16. The molecule has 1 aliphatic rings. The molecule has 15 heavy (non-hydrogen) atoms. The highest BCUT2D eigenvalue weighted by Crippen LogP contribution is 2.32. The van der Waals surface area contributed by atoms with Crippen molar-refractivity contribution in [2.45, 2.75) is 32.0 Å². The van der Waals surface area contributed by atoms with Crippen LogP contribution in [0.2, 0.25) is 0 Å². The highest BCUT2D eigenvalue weighted by atomic mass is 19.4. The van der Waals surface area contributed by atoms with Crippen molar-refractivity contribution in [3.63, 3.8) is 0 Å². The van der Waals surface area contributed by atoms with Crippen molar-refractivity contribution in [2.75, 3.05) is 0 Å². The number of alkyl halides is 3. The predicted octanol–water partition coefficient (Wildman–Crippen LogP) is 3.46. The molecule has 0 atom stereocenters. The summed E-state index contributed by atoms with van der Waals surface area (Å²) >= 11 is 0. The minimum Gasteiger partial charge on any atom is -0.405 e. The van der Waals surface area contributed by atoms with Gasteiger partial charge in [-0.2, -0.15) is 0 Å². The molecule has 0 N–H and O–H groups in total. The molecule has 0 saturated heterocycles. The zero-order chi connectivity index (χ0) is 10.9. The molecule has 0 aromatic heterocycles. The zero-order valence-corrected chi connectivity index (χ0v) is 8.10. The number of benzene rings is 1. The summed E-state index contributed by atoms with van der Waals surface area (Å²) in [5.74, 6) is -0.0281. The smallest absolute Gasteiger partial charge is 0.405 e. The number of halogens is 3. The molecule has 0 spiro atoms. The normalized spacial score (nSPS) is 15.9. The van der Waals surface area contributed by atoms with Crippen LogP contribution in [0.5, 0.6) is 5.75 Å². The van der Waals surface area contributed by atoms with Crippen LogP contribution in [0.3, 0.4) is 0 Å². The van der Waals surface area contributed by atoms with E-state index in [4.69, 9.17) is 0 Å². The van der Waals surface area contributed by atoms with Gasteiger partial charge in [0, 0.05) is 0 Å². The van der Waals surface area contributed by atoms with E-state index in [0.29, 0.717) is 6.42 Å². The molecule has 1 nitrogen and oxygen atoms in total. The van der Waals surface area contributed by atoms with E-state index in [9.17, 15) is 13.2 Å². The Kier molecular flexibility index (Phi) is 2.59. The molecule has 0 bridgehead atoms. The molecule has 0 saturated carbocycles. The molecule has 82 valence electrons. The summed E-state index contributed by atoms with van der Waals surface area (Å²) in [6, 6.07) is 4.88. The fraction of sp³-hybridized carbons (Fsp3) is 0.455. The lowest BCUT2D eigenvalue weighted by Gasteiger charge is -2.19. The van der Waals surface area contributed by atoms with Gasteiger partial charge < -0.3 is 4.74 Å². The third-order valence-corrected chi connectivity index (χ3v) is 2.58. The maximum atomic E-state index is 12.1. The Morgan fingerprint density at radius 1 is 1.07 bits per heavy atom. The highest BCUT2D eigenvalue weighted by Gasteiger charge is 2.32. The van der Waals surface area contributed by atoms with Crippen molar-refractivity contribution >= 4 is 0 Å². The van der Waals surface area contributed by atoms with Gasteiger partial charge in [-0.15, -0.1) is 13.2 Å². The van der Waals surface area contributed by atoms with E-state index in [2.05, 4.69) is 4.74 Å². The molecule has 0 amide bonds. The second kappa shape index (κ2) is 3.76. The van der Waals surface area contributed by atoms with E-state index in [-0.39, 0.29) is 5.75 Å². The Balaban J connectivity index is 2.31. The van der Waals surface area contributed by atoms with Gasteiger partial charge >= 0.3 is 6.36 Å². The fourth-order valence-corrected chi connectivity index (χ4v) is 1.97. The van der Waals surface area contributed by atoms with Gasteiger partial charge in [-0.1, -0.05) is 12.1 Å². The van der Waals surface area contributed by atoms with Crippen molar-refractivity contribution < 1.29 is 17.9 Å². The Bertz CT molecular complexity index is 357. The Morgan fingerprint density at radius 3 is 2.53 bits per heavy atom. The SMILES string of the molecule is FC(F)(F)Oc1cccc2c1CCCC2. The summed E-state index contributed by atoms with van der Waals surface area (Å²) in [6.07, 6.45) is -1.08. The predicted molar refractivity (Wildman–Crippen MR) is 49.8 cm³/mol. The van der Waals surface area contributed by atoms with Crippen molar-refractivity contribution in [2.24, 2.45) is 0 Å². The molecule has 0 heterocycles. The second-order valence-electron chi connectivity index (χ2n) is 3.65. The molecular weight excluding hydrogens is 205 g/mol. The van der Waals surface area contributed by atoms with Crippen molar-refractivity contribution in [1.29, 1.82) is 0 Å². The van der Waals surface area contributed by atoms with Crippen LogP contribution in [0.1, 0.15) is 24.0 Å². The molecule has 1 aromatic rings. The van der Waals surface area contributed by atoms with Gasteiger partial charge in [0.2, 0.25) is 0 Å². The fourth-order valence-electron chi connectivity index (χ4n) is 1.97. The largest absolute Gasteiger partial charge is 0.573 e. The summed E-state index contributed by atoms with van der Waals surface area (Å²) in [7, 11) is 0. The first-order chi connectivity index (χ1) is 7.06. The first kappa shape index (κ1) is 10.3. The van der Waals surface area contributed by atoms with E-state index >= 15 is 0 Å². The van der Waals surface area contributed by atoms with E-state index < -0.39 is 6.36 Å². The number of hydrogen-bond acceptors (Lipinski definition) is 1. The summed E-state index contributed by atoms with van der Waals surface area (Å²) in [5, 5.41) is 0. The van der Waals surface area contributed by atoms with Crippen LogP contribution in [-0.4, -0.2) is 6.36 Å². The third-order valence-electron chi connectivity index (χ3n) is 2.58. The van der Waals surface area contributed by atoms with Crippen LogP contribution in [0.25, 0.3) is 0 Å². The third kappa shape index (κ3) is 2.43. The molecule has 0 unspecified atom stereocenters. The molecule has 1 aliphatic carbocycles. The standard InChI is InChI=1S/C11H11F3O/c12-11(13,14)15-10-7-3-5-8-4-1-2-6-9(8)10/h3,5,7H,1-2,4,6H2. The van der Waals surface area contributed by atoms with Crippen LogP contribution >= 0.6 is 0 Å². The number of ether oxygens (including phenoxy) is 1. The molecule has 1 aromatic carbocycles. The number of hydrogen-bond donors (Lipinski definition) is 0. The lowest BCUT2D eigenvalue weighted by Crippen LogP contribution is -2.19. The van der Waals surface area contributed by atoms with Gasteiger partial charge in [-0.25, -0.2) is 0 Å². The van der Waals surface area contributed by atoms with Crippen LogP contribution in [0.15, 0.2) is 18.2 Å². The van der Waals surface area contributed by atoms with Gasteiger partial charge in [0.05, 0.1) is 0 Å². The zero-order valence-electron chi connectivity index (χ0n) is 8.10. The van der Waals surface area contributed by atoms with Crippen LogP contribution in [0, 0.1) is 0 Å². The first-order valence-electron chi connectivity index (χ1n) is 4.93. The summed E-state index contributed by atoms with van der Waals surface area (Å²) in [4.78, 5) is 0. The van der Waals surface area contributed by atoms with Crippen molar-refractivity contribution in [1.82, 2.24) is 0 Å². The molecule has 0 aliphatic heterocycles. The number of aryl methyl sites for hydroxylation is 1. The Morgan fingerprint density at radius 2 is 1.80 bits per heavy atom. The Labute approximate surface area is 85.9 Å². The van der Waals surface area contributed by atoms with E-state index in [1.54, 1.807) is 6.07 Å². The molecular formula is C11H11F3O. The van der Waals surface area contributed by atoms with Crippen molar-refractivity contribution in [3.8, 4) is 5.75 Å². The van der Waals surface area contributed by atoms with Gasteiger partial charge in [0.25, 0.3) is 0 Å². The van der Waals surface area contributed by atoms with Crippen LogP contribution < -0.4 is 4.74 Å². The minimum absolute atomic E-state index is 0.0281. The molecule has 4 heteroatoms. The minimum atomic E-state index is -4.59. The maximum absolute atomic E-state index is 12.1. The lowest BCUT2D eigenvalue weighted by atomic mass is 9.91. The van der Waals surface area contributed by atoms with Crippen molar-refractivity contribution in [3.05, 3.63) is 29.3 Å². The summed E-state index contributed by atoms with van der Waals surface area (Å²) < 4.78 is 40.3. The average molecular weight is 216 g/mol. The quantitative estimate of drug-likeness (QED) is 0.698. The molecule has 2 rings (SSSR count). The van der Waals surface area contributed by atoms with Crippen LogP contribution in [0.4, 0.5) is 13.2 Å². The molecule has 0 fully saturated rings. The number of rotatable bonds is 1. The second-order valence-corrected chi connectivity index (χ2v) is 3.65. The lowest BCUT2D eigenvalue weighted by molar-refractivity contribution is -0.274. The Hall–Kier alpha value is -1.19. The highest BCUT2D eigenvalue weighted by molar-refractivity contribution is 5.41. The summed E-state index contributed by atoms with van der Waals surface area (Å²) in [5.41, 5.74) is 1.71. The summed E-state index contributed by atoms with van der Waals surface area (Å²) in [6.45, 7) is 0. The van der Waals surface area contributed by atoms with E-state index in [1.807, 2.05) is 6.07 Å². The number of fused-ring (bicyclic) bond motifs is 1. The topological polar surface area (TPSA) is 9.23 Å². The van der Waals surface area contributed by atoms with Gasteiger partial charge in [0.1, 0.15) is 5.75 Å². The monoisotopic (exact) mass is 216 g/mol. The first-order valence-corrected chi connectivity index (χ1v) is 4.93. The van der Waals surface area contributed by atoms with E-state index in [1.165, 1.54) is 6.07 Å². The van der Waals surface area contributed by atoms with Crippen LogP contribution in [-0.2, 0) is 12.8 Å². The molecule has 0 radical (unpaired) electrons. The van der Waals surface area contributed by atoms with Gasteiger partial charge in [0.15, 0.2) is 0 Å².